The highest BCUT2D eigenvalue weighted by molar-refractivity contribution is 7.92. The number of nitrogens with zero attached hydrogens (tertiary/aromatic N) is 2. The van der Waals surface area contributed by atoms with Gasteiger partial charge in [-0.2, -0.15) is 0 Å². The molecule has 1 N–H and O–H groups in total. The maximum atomic E-state index is 14.6. The fourth-order valence-corrected chi connectivity index (χ4v) is 5.35. The van der Waals surface area contributed by atoms with Crippen molar-refractivity contribution in [2.24, 2.45) is 0 Å². The summed E-state index contributed by atoms with van der Waals surface area (Å²) in [7, 11) is -4.20. The van der Waals surface area contributed by atoms with Crippen molar-refractivity contribution in [2.75, 3.05) is 10.8 Å². The molecule has 0 aromatic heterocycles. The van der Waals surface area contributed by atoms with Crippen molar-refractivity contribution in [3.8, 4) is 0 Å². The summed E-state index contributed by atoms with van der Waals surface area (Å²) in [5, 5.41) is 3.12. The number of anilines is 1. The number of halogens is 2. The van der Waals surface area contributed by atoms with E-state index in [0.717, 1.165) is 4.31 Å². The molecular weight excluding hydrogens is 529 g/mol. The molecule has 0 aliphatic carbocycles. The van der Waals surface area contributed by atoms with Gasteiger partial charge in [-0.25, -0.2) is 12.8 Å². The van der Waals surface area contributed by atoms with E-state index in [1.807, 2.05) is 13.8 Å². The van der Waals surface area contributed by atoms with Gasteiger partial charge in [0.2, 0.25) is 11.8 Å². The molecule has 0 radical (unpaired) electrons. The number of carbonyl (C=O) groups is 2. The van der Waals surface area contributed by atoms with Gasteiger partial charge in [-0.05, 0) is 56.7 Å². The second-order valence-electron chi connectivity index (χ2n) is 8.91. The van der Waals surface area contributed by atoms with Crippen LogP contribution in [0.15, 0.2) is 83.8 Å². The third-order valence-corrected chi connectivity index (χ3v) is 8.20. The van der Waals surface area contributed by atoms with Gasteiger partial charge in [-0.3, -0.25) is 13.9 Å². The first-order valence-electron chi connectivity index (χ1n) is 12.2. The van der Waals surface area contributed by atoms with E-state index in [-0.39, 0.29) is 33.8 Å². The van der Waals surface area contributed by atoms with Crippen molar-refractivity contribution >= 4 is 39.1 Å². The highest BCUT2D eigenvalue weighted by atomic mass is 35.5. The van der Waals surface area contributed by atoms with Crippen LogP contribution < -0.4 is 9.62 Å². The van der Waals surface area contributed by atoms with Crippen molar-refractivity contribution in [1.82, 2.24) is 10.2 Å². The van der Waals surface area contributed by atoms with Gasteiger partial charge in [0.25, 0.3) is 10.0 Å². The van der Waals surface area contributed by atoms with Crippen LogP contribution in [0.1, 0.15) is 32.8 Å². The number of benzene rings is 3. The summed E-state index contributed by atoms with van der Waals surface area (Å²) in [5.41, 5.74) is 0.376. The Morgan fingerprint density at radius 3 is 2.26 bits per heavy atom. The Morgan fingerprint density at radius 1 is 0.974 bits per heavy atom. The average Bonchev–Trinajstić information content (AvgIpc) is 2.91. The third-order valence-electron chi connectivity index (χ3n) is 6.17. The normalized spacial score (nSPS) is 12.9. The minimum atomic E-state index is -4.20. The third kappa shape index (κ3) is 7.11. The summed E-state index contributed by atoms with van der Waals surface area (Å²) in [6.07, 6.45) is 0.678. The molecule has 3 aromatic carbocycles. The minimum absolute atomic E-state index is 0.0176. The molecule has 0 aliphatic heterocycles. The van der Waals surface area contributed by atoms with Crippen LogP contribution in [-0.2, 0) is 26.2 Å². The molecule has 202 valence electrons. The number of nitrogens with one attached hydrogen (secondary N) is 1. The van der Waals surface area contributed by atoms with Crippen LogP contribution in [0.5, 0.6) is 0 Å². The highest BCUT2D eigenvalue weighted by Gasteiger charge is 2.33. The van der Waals surface area contributed by atoms with E-state index >= 15 is 0 Å². The summed E-state index contributed by atoms with van der Waals surface area (Å²) in [4.78, 5) is 28.0. The molecule has 0 aliphatic rings. The molecular formula is C28H31ClFN3O4S. The molecule has 7 nitrogen and oxygen atoms in total. The summed E-state index contributed by atoms with van der Waals surface area (Å²) >= 11 is 6.15. The topological polar surface area (TPSA) is 86.8 Å². The second kappa shape index (κ2) is 12.9. The van der Waals surface area contributed by atoms with Crippen LogP contribution in [0.3, 0.4) is 0 Å². The monoisotopic (exact) mass is 559 g/mol. The maximum absolute atomic E-state index is 14.6. The molecule has 0 unspecified atom stereocenters. The summed E-state index contributed by atoms with van der Waals surface area (Å²) in [5.74, 6) is -1.65. The lowest BCUT2D eigenvalue weighted by Crippen LogP contribution is -2.52. The maximum Gasteiger partial charge on any atom is 0.264 e. The van der Waals surface area contributed by atoms with Crippen LogP contribution in [-0.4, -0.2) is 43.8 Å². The van der Waals surface area contributed by atoms with Crippen LogP contribution in [0.2, 0.25) is 5.02 Å². The van der Waals surface area contributed by atoms with Crippen molar-refractivity contribution in [3.05, 3.63) is 95.3 Å². The van der Waals surface area contributed by atoms with Crippen LogP contribution in [0.25, 0.3) is 0 Å². The number of sulfonamides is 1. The lowest BCUT2D eigenvalue weighted by molar-refractivity contribution is -0.139. The average molecular weight is 560 g/mol. The number of carbonyl (C=O) groups excluding carboxylic acids is 2. The molecule has 0 spiro atoms. The first kappa shape index (κ1) is 29.1. The van der Waals surface area contributed by atoms with E-state index < -0.39 is 40.2 Å². The van der Waals surface area contributed by atoms with E-state index in [1.165, 1.54) is 54.3 Å². The first-order valence-corrected chi connectivity index (χ1v) is 14.0. The van der Waals surface area contributed by atoms with Gasteiger partial charge < -0.3 is 10.2 Å². The predicted octanol–water partition coefficient (Wildman–Crippen LogP) is 5.01. The van der Waals surface area contributed by atoms with E-state index in [0.29, 0.717) is 6.42 Å². The summed E-state index contributed by atoms with van der Waals surface area (Å²) in [6, 6.07) is 18.6. The summed E-state index contributed by atoms with van der Waals surface area (Å²) < 4.78 is 42.9. The van der Waals surface area contributed by atoms with Gasteiger partial charge in [-0.15, -0.1) is 0 Å². The van der Waals surface area contributed by atoms with Gasteiger partial charge in [0, 0.05) is 23.2 Å². The van der Waals surface area contributed by atoms with E-state index in [4.69, 9.17) is 11.6 Å². The molecule has 3 aromatic rings. The lowest BCUT2D eigenvalue weighted by atomic mass is 10.1. The van der Waals surface area contributed by atoms with Crippen LogP contribution in [0, 0.1) is 5.82 Å². The molecule has 0 fully saturated rings. The Labute approximate surface area is 228 Å². The summed E-state index contributed by atoms with van der Waals surface area (Å²) in [6.45, 7) is 4.42. The quantitative estimate of drug-likeness (QED) is 0.358. The molecule has 0 heterocycles. The molecule has 2 atom stereocenters. The lowest BCUT2D eigenvalue weighted by Gasteiger charge is -2.32. The Kier molecular flexibility index (Phi) is 9.88. The Hall–Kier alpha value is -3.43. The zero-order valence-corrected chi connectivity index (χ0v) is 23.0. The van der Waals surface area contributed by atoms with E-state index in [1.54, 1.807) is 36.4 Å². The minimum Gasteiger partial charge on any atom is -0.352 e. The van der Waals surface area contributed by atoms with Crippen molar-refractivity contribution in [1.29, 1.82) is 0 Å². The van der Waals surface area contributed by atoms with Gasteiger partial charge in [-0.1, -0.05) is 61.0 Å². The van der Waals surface area contributed by atoms with Gasteiger partial charge in [0.15, 0.2) is 0 Å². The van der Waals surface area contributed by atoms with Gasteiger partial charge in [0.05, 0.1) is 10.6 Å². The zero-order valence-electron chi connectivity index (χ0n) is 21.5. The van der Waals surface area contributed by atoms with Gasteiger partial charge >= 0.3 is 0 Å². The van der Waals surface area contributed by atoms with Crippen molar-refractivity contribution in [3.63, 3.8) is 0 Å². The number of hydrogen-bond donors (Lipinski definition) is 1. The molecule has 0 saturated heterocycles. The largest absolute Gasteiger partial charge is 0.352 e. The zero-order chi connectivity index (χ0) is 27.9. The molecule has 2 amide bonds. The number of amides is 2. The van der Waals surface area contributed by atoms with Gasteiger partial charge in [0.1, 0.15) is 18.4 Å². The molecule has 38 heavy (non-hydrogen) atoms. The molecule has 0 saturated carbocycles. The Balaban J connectivity index is 2.03. The van der Waals surface area contributed by atoms with Crippen LogP contribution >= 0.6 is 11.6 Å². The molecule has 10 heteroatoms. The van der Waals surface area contributed by atoms with E-state index in [2.05, 4.69) is 5.32 Å². The highest BCUT2D eigenvalue weighted by Crippen LogP contribution is 2.27. The first-order chi connectivity index (χ1) is 18.0. The fourth-order valence-electron chi connectivity index (χ4n) is 3.74. The molecule has 0 bridgehead atoms. The smallest absolute Gasteiger partial charge is 0.264 e. The van der Waals surface area contributed by atoms with Crippen molar-refractivity contribution in [2.45, 2.75) is 50.7 Å². The Bertz CT molecular complexity index is 1370. The van der Waals surface area contributed by atoms with Crippen molar-refractivity contribution < 1.29 is 22.4 Å². The number of rotatable bonds is 11. The molecule has 3 rings (SSSR count). The Morgan fingerprint density at radius 2 is 1.63 bits per heavy atom. The predicted molar refractivity (Wildman–Crippen MR) is 147 cm³/mol. The standard InChI is InChI=1S/C28H31ClFN3O4S/c1-4-20(2)31-28(35)21(3)32(18-22-11-8-9-16-26(22)30)27(34)19-33(24-13-10-12-23(29)17-24)38(36,37)25-14-6-5-7-15-25/h5-17,20-21H,4,18-19H2,1-3H3,(H,31,35)/t20-,21-/m1/s1. The fraction of sp³-hybridized carbons (Fsp3) is 0.286. The van der Waals surface area contributed by atoms with E-state index in [9.17, 15) is 22.4 Å². The van der Waals surface area contributed by atoms with Crippen LogP contribution in [0.4, 0.5) is 10.1 Å². The second-order valence-corrected chi connectivity index (χ2v) is 11.2. The number of hydrogen-bond acceptors (Lipinski definition) is 4. The SMILES string of the molecule is CC[C@@H](C)NC(=O)[C@@H](C)N(Cc1ccccc1F)C(=O)CN(c1cccc(Cl)c1)S(=O)(=O)c1ccccc1.